The molecule has 0 saturated heterocycles. The third-order valence-electron chi connectivity index (χ3n) is 3.88. The van der Waals surface area contributed by atoms with Gasteiger partial charge in [-0.3, -0.25) is 0 Å². The number of halogens is 1. The van der Waals surface area contributed by atoms with E-state index in [4.69, 9.17) is 20.8 Å². The van der Waals surface area contributed by atoms with Crippen LogP contribution >= 0.6 is 11.6 Å². The van der Waals surface area contributed by atoms with Crippen molar-refractivity contribution in [3.8, 4) is 11.5 Å². The molecule has 0 spiro atoms. The fourth-order valence-electron chi connectivity index (χ4n) is 2.52. The fraction of sp³-hybridized carbons (Fsp3) is 0.263. The van der Waals surface area contributed by atoms with Crippen molar-refractivity contribution < 1.29 is 13.9 Å². The Balaban J connectivity index is 1.77. The lowest BCUT2D eigenvalue weighted by molar-refractivity contribution is 0.0278. The van der Waals surface area contributed by atoms with E-state index in [1.165, 1.54) is 0 Å². The molecule has 0 aliphatic heterocycles. The summed E-state index contributed by atoms with van der Waals surface area (Å²) in [6, 6.07) is 9.47. The summed E-state index contributed by atoms with van der Waals surface area (Å²) in [5, 5.41) is 8.11. The Morgan fingerprint density at radius 3 is 2.50 bits per heavy atom. The van der Waals surface area contributed by atoms with Gasteiger partial charge < -0.3 is 9.15 Å². The van der Waals surface area contributed by atoms with Gasteiger partial charge in [0.1, 0.15) is 5.15 Å². The van der Waals surface area contributed by atoms with Crippen molar-refractivity contribution in [2.75, 3.05) is 0 Å². The standard InChI is InChI=1S/C19H18ClN3O3/c1-10-5-7-14(8-6-10)18-23-22-17(26-18)13(4)25-19(24)15-11(2)9-12(3)21-16(15)20/h5-9,13H,1-4H3/t13-/m0/s1. The molecular weight excluding hydrogens is 354 g/mol. The SMILES string of the molecule is Cc1ccc(-c2nnc([C@H](C)OC(=O)c3c(C)cc(C)nc3Cl)o2)cc1. The van der Waals surface area contributed by atoms with E-state index in [-0.39, 0.29) is 16.6 Å². The number of hydrogen-bond acceptors (Lipinski definition) is 6. The third-order valence-corrected chi connectivity index (χ3v) is 4.15. The second-order valence-corrected chi connectivity index (χ2v) is 6.46. The summed E-state index contributed by atoms with van der Waals surface area (Å²) in [6.07, 6.45) is -0.717. The molecular formula is C19H18ClN3O3. The van der Waals surface area contributed by atoms with E-state index in [1.807, 2.05) is 38.1 Å². The van der Waals surface area contributed by atoms with Crippen molar-refractivity contribution in [2.24, 2.45) is 0 Å². The lowest BCUT2D eigenvalue weighted by Crippen LogP contribution is -2.12. The van der Waals surface area contributed by atoms with Crippen LogP contribution in [-0.2, 0) is 4.74 Å². The first kappa shape index (κ1) is 18.1. The zero-order chi connectivity index (χ0) is 18.8. The maximum absolute atomic E-state index is 12.5. The average Bonchev–Trinajstić information content (AvgIpc) is 3.04. The number of aryl methyl sites for hydroxylation is 3. The number of benzene rings is 1. The average molecular weight is 372 g/mol. The zero-order valence-electron chi connectivity index (χ0n) is 14.9. The van der Waals surface area contributed by atoms with E-state index in [0.29, 0.717) is 11.5 Å². The maximum Gasteiger partial charge on any atom is 0.342 e. The van der Waals surface area contributed by atoms with Crippen LogP contribution < -0.4 is 0 Å². The minimum Gasteiger partial charge on any atom is -0.449 e. The van der Waals surface area contributed by atoms with E-state index in [1.54, 1.807) is 19.9 Å². The highest BCUT2D eigenvalue weighted by atomic mass is 35.5. The molecule has 2 heterocycles. The Kier molecular flexibility index (Phi) is 5.04. The number of aromatic nitrogens is 3. The largest absolute Gasteiger partial charge is 0.449 e. The molecule has 0 fully saturated rings. The lowest BCUT2D eigenvalue weighted by atomic mass is 10.1. The molecule has 3 rings (SSSR count). The van der Waals surface area contributed by atoms with Crippen LogP contribution in [0.5, 0.6) is 0 Å². The normalized spacial score (nSPS) is 12.0. The minimum absolute atomic E-state index is 0.116. The van der Waals surface area contributed by atoms with E-state index in [2.05, 4.69) is 15.2 Å². The van der Waals surface area contributed by atoms with Crippen molar-refractivity contribution >= 4 is 17.6 Å². The van der Waals surface area contributed by atoms with Crippen LogP contribution in [0.4, 0.5) is 0 Å². The molecule has 0 aliphatic carbocycles. The monoisotopic (exact) mass is 371 g/mol. The Labute approximate surface area is 156 Å². The summed E-state index contributed by atoms with van der Waals surface area (Å²) >= 11 is 6.09. The van der Waals surface area contributed by atoms with Gasteiger partial charge in [-0.25, -0.2) is 9.78 Å². The predicted molar refractivity (Wildman–Crippen MR) is 97.0 cm³/mol. The van der Waals surface area contributed by atoms with E-state index >= 15 is 0 Å². The van der Waals surface area contributed by atoms with Crippen LogP contribution in [0.2, 0.25) is 5.15 Å². The molecule has 3 aromatic rings. The first-order chi connectivity index (χ1) is 12.3. The van der Waals surface area contributed by atoms with Crippen LogP contribution in [0.1, 0.15) is 46.1 Å². The molecule has 0 N–H and O–H groups in total. The molecule has 1 atom stereocenters. The summed E-state index contributed by atoms with van der Waals surface area (Å²) in [4.78, 5) is 16.6. The molecule has 0 radical (unpaired) electrons. The minimum atomic E-state index is -0.717. The van der Waals surface area contributed by atoms with Gasteiger partial charge in [-0.05, 0) is 51.5 Å². The van der Waals surface area contributed by atoms with Crippen LogP contribution in [-0.4, -0.2) is 21.2 Å². The third kappa shape index (κ3) is 3.75. The first-order valence-corrected chi connectivity index (χ1v) is 8.48. The van der Waals surface area contributed by atoms with E-state index < -0.39 is 12.1 Å². The zero-order valence-corrected chi connectivity index (χ0v) is 15.7. The Bertz CT molecular complexity index is 928. The Morgan fingerprint density at radius 2 is 1.85 bits per heavy atom. The van der Waals surface area contributed by atoms with Crippen LogP contribution in [0, 0.1) is 20.8 Å². The van der Waals surface area contributed by atoms with E-state index in [0.717, 1.165) is 16.8 Å². The summed E-state index contributed by atoms with van der Waals surface area (Å²) in [6.45, 7) is 7.25. The van der Waals surface area contributed by atoms with Gasteiger partial charge in [-0.2, -0.15) is 0 Å². The second-order valence-electron chi connectivity index (χ2n) is 6.11. The van der Waals surface area contributed by atoms with Crippen molar-refractivity contribution in [1.29, 1.82) is 0 Å². The van der Waals surface area contributed by atoms with Gasteiger partial charge in [-0.1, -0.05) is 29.3 Å². The number of hydrogen-bond donors (Lipinski definition) is 0. The molecule has 1 aromatic carbocycles. The highest BCUT2D eigenvalue weighted by Gasteiger charge is 2.23. The molecule has 0 saturated carbocycles. The second kappa shape index (κ2) is 7.25. The smallest absolute Gasteiger partial charge is 0.342 e. The fourth-order valence-corrected chi connectivity index (χ4v) is 2.88. The molecule has 2 aromatic heterocycles. The summed E-state index contributed by atoms with van der Waals surface area (Å²) < 4.78 is 11.1. The molecule has 0 bridgehead atoms. The van der Waals surface area contributed by atoms with Crippen molar-refractivity contribution in [3.63, 3.8) is 0 Å². The Hall–Kier alpha value is -2.73. The molecule has 6 nitrogen and oxygen atoms in total. The van der Waals surface area contributed by atoms with Gasteiger partial charge in [0.2, 0.25) is 5.89 Å². The van der Waals surface area contributed by atoms with Gasteiger partial charge in [0.05, 0.1) is 5.56 Å². The number of carbonyl (C=O) groups excluding carboxylic acids is 1. The van der Waals surface area contributed by atoms with Crippen LogP contribution in [0.3, 0.4) is 0 Å². The maximum atomic E-state index is 12.5. The van der Waals surface area contributed by atoms with Crippen LogP contribution in [0.15, 0.2) is 34.7 Å². The van der Waals surface area contributed by atoms with Crippen molar-refractivity contribution in [2.45, 2.75) is 33.8 Å². The van der Waals surface area contributed by atoms with Gasteiger partial charge in [-0.15, -0.1) is 10.2 Å². The number of pyridine rings is 1. The summed E-state index contributed by atoms with van der Waals surface area (Å²) in [5.41, 5.74) is 3.61. The van der Waals surface area contributed by atoms with Gasteiger partial charge in [0.15, 0.2) is 6.10 Å². The van der Waals surface area contributed by atoms with Crippen molar-refractivity contribution in [3.05, 3.63) is 63.8 Å². The van der Waals surface area contributed by atoms with E-state index in [9.17, 15) is 4.79 Å². The predicted octanol–water partition coefficient (Wildman–Crippen LogP) is 4.63. The highest BCUT2D eigenvalue weighted by Crippen LogP contribution is 2.25. The summed E-state index contributed by atoms with van der Waals surface area (Å²) in [5.74, 6) is -0.000489. The molecule has 7 heteroatoms. The topological polar surface area (TPSA) is 78.1 Å². The molecule has 0 aliphatic rings. The van der Waals surface area contributed by atoms with Crippen LogP contribution in [0.25, 0.3) is 11.5 Å². The molecule has 0 amide bonds. The quantitative estimate of drug-likeness (QED) is 0.491. The number of esters is 1. The number of carbonyl (C=O) groups is 1. The van der Waals surface area contributed by atoms with Gasteiger partial charge >= 0.3 is 5.97 Å². The first-order valence-electron chi connectivity index (χ1n) is 8.10. The highest BCUT2D eigenvalue weighted by molar-refractivity contribution is 6.32. The Morgan fingerprint density at radius 1 is 1.15 bits per heavy atom. The molecule has 26 heavy (non-hydrogen) atoms. The van der Waals surface area contributed by atoms with Crippen molar-refractivity contribution in [1.82, 2.24) is 15.2 Å². The number of nitrogens with zero attached hydrogens (tertiary/aromatic N) is 3. The lowest BCUT2D eigenvalue weighted by Gasteiger charge is -2.12. The number of ether oxygens (including phenoxy) is 1. The van der Waals surface area contributed by atoms with Gasteiger partial charge in [0, 0.05) is 11.3 Å². The number of rotatable bonds is 4. The molecule has 0 unspecified atom stereocenters. The van der Waals surface area contributed by atoms with Gasteiger partial charge in [0.25, 0.3) is 5.89 Å². The molecule has 134 valence electrons. The summed E-state index contributed by atoms with van der Waals surface area (Å²) in [7, 11) is 0.